The molecule has 1 unspecified atom stereocenters. The number of carbonyl (C=O) groups is 1. The molecule has 0 bridgehead atoms. The van der Waals surface area contributed by atoms with Gasteiger partial charge in [-0.15, -0.1) is 11.3 Å². The van der Waals surface area contributed by atoms with E-state index in [1.54, 1.807) is 24.3 Å². The van der Waals surface area contributed by atoms with Gasteiger partial charge in [-0.1, -0.05) is 30.0 Å². The average molecular weight is 443 g/mol. The third-order valence-electron chi connectivity index (χ3n) is 3.69. The second-order valence-electron chi connectivity index (χ2n) is 5.79. The fraction of sp³-hybridized carbons (Fsp3) is 0.167. The first-order valence-electron chi connectivity index (χ1n) is 8.12. The average Bonchev–Trinajstić information content (AvgIpc) is 3.19. The van der Waals surface area contributed by atoms with E-state index in [1.165, 1.54) is 23.5 Å². The molecular weight excluding hydrogens is 430 g/mol. The molecule has 3 aromatic rings. The topological polar surface area (TPSA) is 74.8 Å². The Labute approximate surface area is 170 Å². The minimum Gasteiger partial charge on any atom is -0.344 e. The van der Waals surface area contributed by atoms with Gasteiger partial charge in [-0.05, 0) is 29.1 Å². The van der Waals surface area contributed by atoms with Crippen molar-refractivity contribution in [2.45, 2.75) is 17.4 Å². The highest BCUT2D eigenvalue weighted by Crippen LogP contribution is 2.28. The van der Waals surface area contributed by atoms with Crippen molar-refractivity contribution in [3.63, 3.8) is 0 Å². The van der Waals surface area contributed by atoms with Crippen molar-refractivity contribution in [1.29, 1.82) is 0 Å². The third kappa shape index (κ3) is 5.67. The highest BCUT2D eigenvalue weighted by atomic mass is 32.2. The molecule has 0 radical (unpaired) electrons. The summed E-state index contributed by atoms with van der Waals surface area (Å²) in [6.45, 7) is 0. The van der Waals surface area contributed by atoms with Crippen LogP contribution in [0.1, 0.15) is 22.2 Å². The molecule has 11 heteroatoms. The van der Waals surface area contributed by atoms with E-state index in [2.05, 4.69) is 15.3 Å². The van der Waals surface area contributed by atoms with Gasteiger partial charge in [-0.2, -0.15) is 13.2 Å². The first kappa shape index (κ1) is 21.1. The Morgan fingerprint density at radius 3 is 2.59 bits per heavy atom. The van der Waals surface area contributed by atoms with Crippen molar-refractivity contribution in [3.8, 4) is 0 Å². The van der Waals surface area contributed by atoms with Gasteiger partial charge < -0.3 is 10.3 Å². The van der Waals surface area contributed by atoms with Crippen LogP contribution in [0.4, 0.5) is 17.6 Å². The summed E-state index contributed by atoms with van der Waals surface area (Å²) in [5, 5.41) is 4.28. The predicted molar refractivity (Wildman–Crippen MR) is 101 cm³/mol. The molecular formula is C18H13F4N3O2S2. The van der Waals surface area contributed by atoms with Crippen LogP contribution in [0.2, 0.25) is 0 Å². The molecule has 1 aromatic carbocycles. The Hall–Kier alpha value is -2.66. The SMILES string of the molecule is O=C(CSc1nc(C(F)(F)F)cc(=O)[nH]1)NC(c1ccc(F)cc1)c1cccs1. The lowest BCUT2D eigenvalue weighted by Gasteiger charge is -2.18. The number of rotatable bonds is 6. The molecule has 0 aliphatic rings. The lowest BCUT2D eigenvalue weighted by atomic mass is 10.1. The molecule has 2 heterocycles. The number of thiophene rings is 1. The van der Waals surface area contributed by atoms with E-state index in [-0.39, 0.29) is 10.9 Å². The number of nitrogens with one attached hydrogen (secondary N) is 2. The van der Waals surface area contributed by atoms with Crippen LogP contribution in [-0.4, -0.2) is 21.6 Å². The number of hydrogen-bond donors (Lipinski definition) is 2. The van der Waals surface area contributed by atoms with Crippen molar-refractivity contribution in [1.82, 2.24) is 15.3 Å². The molecule has 2 N–H and O–H groups in total. The summed E-state index contributed by atoms with van der Waals surface area (Å²) in [5.74, 6) is -1.18. The van der Waals surface area contributed by atoms with Crippen molar-refractivity contribution in [2.75, 3.05) is 5.75 Å². The van der Waals surface area contributed by atoms with Gasteiger partial charge in [-0.25, -0.2) is 9.37 Å². The minimum atomic E-state index is -4.77. The molecule has 3 rings (SSSR count). The minimum absolute atomic E-state index is 0.271. The molecule has 0 aliphatic heterocycles. The number of carbonyl (C=O) groups excluding carboxylic acids is 1. The second kappa shape index (κ2) is 8.78. The monoisotopic (exact) mass is 443 g/mol. The number of benzene rings is 1. The number of amides is 1. The van der Waals surface area contributed by atoms with Crippen molar-refractivity contribution < 1.29 is 22.4 Å². The summed E-state index contributed by atoms with van der Waals surface area (Å²) in [6, 6.07) is 9.04. The summed E-state index contributed by atoms with van der Waals surface area (Å²) in [5.41, 5.74) is -1.64. The number of nitrogens with zero attached hydrogens (tertiary/aromatic N) is 1. The third-order valence-corrected chi connectivity index (χ3v) is 5.50. The lowest BCUT2D eigenvalue weighted by Crippen LogP contribution is -2.30. The fourth-order valence-corrected chi connectivity index (χ4v) is 3.90. The maximum atomic E-state index is 13.2. The number of aromatic amines is 1. The van der Waals surface area contributed by atoms with Crippen molar-refractivity contribution >= 4 is 29.0 Å². The Balaban J connectivity index is 1.72. The molecule has 0 saturated carbocycles. The van der Waals surface area contributed by atoms with Crippen LogP contribution in [0.3, 0.4) is 0 Å². The van der Waals surface area contributed by atoms with Crippen molar-refractivity contribution in [2.24, 2.45) is 0 Å². The van der Waals surface area contributed by atoms with E-state index in [4.69, 9.17) is 0 Å². The van der Waals surface area contributed by atoms with Crippen LogP contribution in [0, 0.1) is 5.82 Å². The molecule has 152 valence electrons. The summed E-state index contributed by atoms with van der Waals surface area (Å²) in [4.78, 5) is 30.1. The predicted octanol–water partition coefficient (Wildman–Crippen LogP) is 3.99. The number of aromatic nitrogens is 2. The maximum Gasteiger partial charge on any atom is 0.433 e. The van der Waals surface area contributed by atoms with E-state index in [0.29, 0.717) is 23.4 Å². The first-order valence-corrected chi connectivity index (χ1v) is 9.98. The molecule has 1 atom stereocenters. The summed E-state index contributed by atoms with van der Waals surface area (Å²) in [6.07, 6.45) is -4.77. The van der Waals surface area contributed by atoms with E-state index < -0.39 is 35.2 Å². The Kier molecular flexibility index (Phi) is 6.38. The lowest BCUT2D eigenvalue weighted by molar-refractivity contribution is -0.141. The van der Waals surface area contributed by atoms with E-state index in [1.807, 2.05) is 5.38 Å². The summed E-state index contributed by atoms with van der Waals surface area (Å²) >= 11 is 2.07. The standard InChI is InChI=1S/C18H13F4N3O2S2/c19-11-5-3-10(4-6-11)16(12-2-1-7-28-12)24-15(27)9-29-17-23-13(18(20,21)22)8-14(26)25-17/h1-8,16H,9H2,(H,24,27)(H,23,25,26). The van der Waals surface area contributed by atoms with Crippen LogP contribution < -0.4 is 10.9 Å². The molecule has 2 aromatic heterocycles. The van der Waals surface area contributed by atoms with Crippen molar-refractivity contribution in [3.05, 3.63) is 80.2 Å². The molecule has 29 heavy (non-hydrogen) atoms. The number of thioether (sulfide) groups is 1. The normalized spacial score (nSPS) is 12.6. The summed E-state index contributed by atoms with van der Waals surface area (Å²) in [7, 11) is 0. The zero-order chi connectivity index (χ0) is 21.0. The second-order valence-corrected chi connectivity index (χ2v) is 7.73. The molecule has 1 amide bonds. The number of halogens is 4. The number of alkyl halides is 3. The van der Waals surface area contributed by atoms with Gasteiger partial charge in [0.2, 0.25) is 5.91 Å². The van der Waals surface area contributed by atoms with E-state index in [0.717, 1.165) is 4.88 Å². The Morgan fingerprint density at radius 1 is 1.24 bits per heavy atom. The molecule has 0 saturated heterocycles. The smallest absolute Gasteiger partial charge is 0.344 e. The number of H-pyrrole nitrogens is 1. The number of hydrogen-bond acceptors (Lipinski definition) is 5. The van der Waals surface area contributed by atoms with Crippen LogP contribution >= 0.6 is 23.1 Å². The highest BCUT2D eigenvalue weighted by Gasteiger charge is 2.33. The van der Waals surface area contributed by atoms with Gasteiger partial charge >= 0.3 is 6.18 Å². The molecule has 0 fully saturated rings. The quantitative estimate of drug-likeness (QED) is 0.343. The van der Waals surface area contributed by atoms with Crippen LogP contribution in [0.15, 0.2) is 57.8 Å². The zero-order valence-electron chi connectivity index (χ0n) is 14.5. The summed E-state index contributed by atoms with van der Waals surface area (Å²) < 4.78 is 51.5. The van der Waals surface area contributed by atoms with Crippen LogP contribution in [0.25, 0.3) is 0 Å². The first-order chi connectivity index (χ1) is 13.7. The van der Waals surface area contributed by atoms with Gasteiger partial charge in [0.15, 0.2) is 10.9 Å². The van der Waals surface area contributed by atoms with Gasteiger partial charge in [-0.3, -0.25) is 9.59 Å². The fourth-order valence-electron chi connectivity index (χ4n) is 2.41. The molecule has 0 spiro atoms. The van der Waals surface area contributed by atoms with E-state index >= 15 is 0 Å². The van der Waals surface area contributed by atoms with Gasteiger partial charge in [0.05, 0.1) is 11.8 Å². The maximum absolute atomic E-state index is 13.2. The van der Waals surface area contributed by atoms with Gasteiger partial charge in [0, 0.05) is 10.9 Å². The zero-order valence-corrected chi connectivity index (χ0v) is 16.1. The van der Waals surface area contributed by atoms with Crippen LogP contribution in [0.5, 0.6) is 0 Å². The molecule has 5 nitrogen and oxygen atoms in total. The largest absolute Gasteiger partial charge is 0.433 e. The molecule has 0 aliphatic carbocycles. The van der Waals surface area contributed by atoms with Crippen LogP contribution in [-0.2, 0) is 11.0 Å². The Morgan fingerprint density at radius 2 is 1.97 bits per heavy atom. The van der Waals surface area contributed by atoms with Gasteiger partial charge in [0.25, 0.3) is 5.56 Å². The highest BCUT2D eigenvalue weighted by molar-refractivity contribution is 7.99. The van der Waals surface area contributed by atoms with Gasteiger partial charge in [0.1, 0.15) is 5.82 Å². The van der Waals surface area contributed by atoms with E-state index in [9.17, 15) is 27.2 Å². The Bertz CT molecular complexity index is 1030.